The van der Waals surface area contributed by atoms with Crippen molar-refractivity contribution in [1.29, 1.82) is 0 Å². The minimum absolute atomic E-state index is 0.130. The summed E-state index contributed by atoms with van der Waals surface area (Å²) < 4.78 is 65.6. The molecule has 134 valence electrons. The van der Waals surface area contributed by atoms with E-state index in [-0.39, 0.29) is 5.56 Å². The minimum atomic E-state index is -5.07. The highest BCUT2D eigenvalue weighted by atomic mass is 79.9. The monoisotopic (exact) mass is 438 g/mol. The molecule has 0 aromatic heterocycles. The van der Waals surface area contributed by atoms with Crippen molar-refractivity contribution < 1.29 is 31.1 Å². The van der Waals surface area contributed by atoms with Crippen LogP contribution >= 0.6 is 15.9 Å². The molecule has 0 aliphatic carbocycles. The van der Waals surface area contributed by atoms with Gasteiger partial charge < -0.3 is 4.74 Å². The van der Waals surface area contributed by atoms with Crippen LogP contribution in [0.1, 0.15) is 10.4 Å². The van der Waals surface area contributed by atoms with E-state index in [2.05, 4.69) is 20.7 Å². The number of halogens is 4. The van der Waals surface area contributed by atoms with Gasteiger partial charge in [-0.15, -0.1) is 18.0 Å². The van der Waals surface area contributed by atoms with Gasteiger partial charge in [0.25, 0.3) is 15.9 Å². The van der Waals surface area contributed by atoms with Gasteiger partial charge in [-0.25, -0.2) is 8.42 Å². The average molecular weight is 439 g/mol. The standard InChI is InChI=1S/C14H10BrF3N2O4S/c15-10-6-2-1-5-9(10)13(21)19-20-25(22,23)12-8-4-3-7-11(12)24-14(16,17)18/h1-8,20H,(H,19,21). The van der Waals surface area contributed by atoms with Crippen LogP contribution in [0.4, 0.5) is 13.2 Å². The SMILES string of the molecule is O=C(NNS(=O)(=O)c1ccccc1OC(F)(F)F)c1ccccc1Br. The molecule has 0 unspecified atom stereocenters. The van der Waals surface area contributed by atoms with Crippen LogP contribution in [0, 0.1) is 0 Å². The quantitative estimate of drug-likeness (QED) is 0.702. The summed E-state index contributed by atoms with van der Waals surface area (Å²) in [7, 11) is -4.50. The Morgan fingerprint density at radius 1 is 1.04 bits per heavy atom. The van der Waals surface area contributed by atoms with Gasteiger partial charge in [-0.2, -0.15) is 0 Å². The van der Waals surface area contributed by atoms with Crippen molar-refractivity contribution >= 4 is 31.9 Å². The van der Waals surface area contributed by atoms with Gasteiger partial charge in [-0.05, 0) is 40.2 Å². The highest BCUT2D eigenvalue weighted by Gasteiger charge is 2.34. The second-order valence-electron chi connectivity index (χ2n) is 4.53. The maximum Gasteiger partial charge on any atom is 0.573 e. The first-order valence-corrected chi connectivity index (χ1v) is 8.79. The van der Waals surface area contributed by atoms with Gasteiger partial charge in [0.1, 0.15) is 10.6 Å². The van der Waals surface area contributed by atoms with Crippen molar-refractivity contribution in [2.45, 2.75) is 11.3 Å². The Labute approximate surface area is 149 Å². The highest BCUT2D eigenvalue weighted by Crippen LogP contribution is 2.29. The molecular formula is C14H10BrF3N2O4S. The van der Waals surface area contributed by atoms with E-state index in [1.807, 2.05) is 5.43 Å². The van der Waals surface area contributed by atoms with E-state index in [0.717, 1.165) is 12.1 Å². The summed E-state index contributed by atoms with van der Waals surface area (Å²) in [5.41, 5.74) is 2.05. The van der Waals surface area contributed by atoms with Crippen molar-refractivity contribution in [2.75, 3.05) is 0 Å². The lowest BCUT2D eigenvalue weighted by Gasteiger charge is -2.14. The number of ether oxygens (including phenoxy) is 1. The number of carbonyl (C=O) groups is 1. The lowest BCUT2D eigenvalue weighted by molar-refractivity contribution is -0.275. The number of sulfonamides is 1. The van der Waals surface area contributed by atoms with E-state index in [1.54, 1.807) is 23.0 Å². The van der Waals surface area contributed by atoms with Crippen LogP contribution in [0.25, 0.3) is 0 Å². The topological polar surface area (TPSA) is 84.5 Å². The van der Waals surface area contributed by atoms with E-state index in [4.69, 9.17) is 0 Å². The van der Waals surface area contributed by atoms with Crippen LogP contribution in [0.5, 0.6) is 5.75 Å². The second-order valence-corrected chi connectivity index (χ2v) is 7.04. The number of hydrogen-bond acceptors (Lipinski definition) is 4. The molecule has 0 spiro atoms. The van der Waals surface area contributed by atoms with Crippen LogP contribution in [0.15, 0.2) is 57.9 Å². The van der Waals surface area contributed by atoms with Gasteiger partial charge in [0.2, 0.25) is 0 Å². The molecular weight excluding hydrogens is 429 g/mol. The third-order valence-corrected chi connectivity index (χ3v) is 4.76. The molecule has 2 aromatic carbocycles. The molecule has 0 fully saturated rings. The molecule has 2 N–H and O–H groups in total. The molecule has 2 rings (SSSR count). The lowest BCUT2D eigenvalue weighted by Crippen LogP contribution is -2.41. The molecule has 0 heterocycles. The molecule has 0 saturated heterocycles. The van der Waals surface area contributed by atoms with Crippen molar-refractivity contribution in [3.63, 3.8) is 0 Å². The number of carbonyl (C=O) groups excluding carboxylic acids is 1. The van der Waals surface area contributed by atoms with Crippen molar-refractivity contribution in [3.8, 4) is 5.75 Å². The maximum absolute atomic E-state index is 12.4. The van der Waals surface area contributed by atoms with E-state index >= 15 is 0 Å². The minimum Gasteiger partial charge on any atom is -0.404 e. The van der Waals surface area contributed by atoms with Crippen LogP contribution < -0.4 is 15.0 Å². The number of rotatable bonds is 5. The molecule has 0 saturated carbocycles. The van der Waals surface area contributed by atoms with Crippen LogP contribution in [-0.4, -0.2) is 20.7 Å². The zero-order valence-electron chi connectivity index (χ0n) is 12.2. The smallest absolute Gasteiger partial charge is 0.404 e. The number of benzene rings is 2. The molecule has 1 amide bonds. The lowest BCUT2D eigenvalue weighted by atomic mass is 10.2. The van der Waals surface area contributed by atoms with E-state index in [9.17, 15) is 26.4 Å². The summed E-state index contributed by atoms with van der Waals surface area (Å²) >= 11 is 3.12. The number of hydrogen-bond donors (Lipinski definition) is 2. The molecule has 0 aliphatic heterocycles. The number of alkyl halides is 3. The number of nitrogens with one attached hydrogen (secondary N) is 2. The third kappa shape index (κ3) is 5.18. The van der Waals surface area contributed by atoms with Crippen molar-refractivity contribution in [1.82, 2.24) is 10.3 Å². The molecule has 6 nitrogen and oxygen atoms in total. The third-order valence-electron chi connectivity index (χ3n) is 2.78. The molecule has 25 heavy (non-hydrogen) atoms. The summed E-state index contributed by atoms with van der Waals surface area (Å²) in [6.45, 7) is 0. The van der Waals surface area contributed by atoms with E-state index < -0.39 is 32.9 Å². The summed E-state index contributed by atoms with van der Waals surface area (Å²) in [5, 5.41) is 0. The zero-order valence-corrected chi connectivity index (χ0v) is 14.6. The Balaban J connectivity index is 2.20. The van der Waals surface area contributed by atoms with Gasteiger partial charge in [0, 0.05) is 4.47 Å². The summed E-state index contributed by atoms with van der Waals surface area (Å²) in [5.74, 6) is -1.72. The zero-order chi connectivity index (χ0) is 18.7. The van der Waals surface area contributed by atoms with Crippen LogP contribution in [0.3, 0.4) is 0 Å². The van der Waals surface area contributed by atoms with Crippen molar-refractivity contribution in [2.24, 2.45) is 0 Å². The van der Waals surface area contributed by atoms with Gasteiger partial charge in [0.05, 0.1) is 5.56 Å². The number of hydrazine groups is 1. The average Bonchev–Trinajstić information content (AvgIpc) is 2.52. The Bertz CT molecular complexity index is 888. The fraction of sp³-hybridized carbons (Fsp3) is 0.0714. The first-order valence-electron chi connectivity index (χ1n) is 6.51. The van der Waals surface area contributed by atoms with Crippen molar-refractivity contribution in [3.05, 3.63) is 58.6 Å². The molecule has 0 bridgehead atoms. The fourth-order valence-electron chi connectivity index (χ4n) is 1.76. The van der Waals surface area contributed by atoms with Gasteiger partial charge in [0.15, 0.2) is 0 Å². The fourth-order valence-corrected chi connectivity index (χ4v) is 3.20. The predicted octanol–water partition coefficient (Wildman–Crippen LogP) is 2.97. The van der Waals surface area contributed by atoms with Gasteiger partial charge in [-0.3, -0.25) is 10.2 Å². The van der Waals surface area contributed by atoms with Gasteiger partial charge in [-0.1, -0.05) is 24.3 Å². The van der Waals surface area contributed by atoms with E-state index in [1.165, 1.54) is 18.2 Å². The maximum atomic E-state index is 12.4. The molecule has 0 radical (unpaired) electrons. The summed E-state index contributed by atoms with van der Waals surface area (Å²) in [4.78, 5) is 12.9. The van der Waals surface area contributed by atoms with Gasteiger partial charge >= 0.3 is 6.36 Å². The molecule has 2 aromatic rings. The summed E-state index contributed by atoms with van der Waals surface area (Å²) in [6, 6.07) is 10.3. The second kappa shape index (κ2) is 7.42. The first kappa shape index (κ1) is 19.2. The predicted molar refractivity (Wildman–Crippen MR) is 85.1 cm³/mol. The Morgan fingerprint density at radius 3 is 2.28 bits per heavy atom. The molecule has 0 aliphatic rings. The van der Waals surface area contributed by atoms with E-state index in [0.29, 0.717) is 4.47 Å². The Morgan fingerprint density at radius 2 is 1.64 bits per heavy atom. The Kier molecular flexibility index (Phi) is 5.70. The van der Waals surface area contributed by atoms with Crippen LogP contribution in [-0.2, 0) is 10.0 Å². The molecule has 11 heteroatoms. The Hall–Kier alpha value is -2.11. The normalized spacial score (nSPS) is 11.8. The van der Waals surface area contributed by atoms with Crippen LogP contribution in [0.2, 0.25) is 0 Å². The first-order chi connectivity index (χ1) is 11.6. The number of amides is 1. The molecule has 0 atom stereocenters. The highest BCUT2D eigenvalue weighted by molar-refractivity contribution is 9.10. The largest absolute Gasteiger partial charge is 0.573 e. The summed E-state index contributed by atoms with van der Waals surface area (Å²) in [6.07, 6.45) is -5.07. The number of para-hydroxylation sites is 1.